The molecule has 1 heteroatoms. The Labute approximate surface area is 191 Å². The zero-order valence-electron chi connectivity index (χ0n) is 20.2. The summed E-state index contributed by atoms with van der Waals surface area (Å²) in [5, 5.41) is 0. The lowest BCUT2D eigenvalue weighted by molar-refractivity contribution is 0.102. The molecule has 31 heavy (non-hydrogen) atoms. The Morgan fingerprint density at radius 3 is 1.39 bits per heavy atom. The SMILES string of the molecule is CCC[C@H]1CC[C@H]([C@H]2CC[C@H]([C@H]3CC[C@H](CCc4ccc(CF)cc4)CC3)CC2)CC1. The second-order valence-electron chi connectivity index (χ2n) is 11.5. The van der Waals surface area contributed by atoms with E-state index >= 15 is 0 Å². The first kappa shape index (κ1) is 23.3. The third kappa shape index (κ3) is 6.58. The fourth-order valence-corrected chi connectivity index (χ4v) is 7.56. The minimum atomic E-state index is -0.341. The Kier molecular flexibility index (Phi) is 8.91. The quantitative estimate of drug-likeness (QED) is 0.388. The molecule has 1 aromatic rings. The summed E-state index contributed by atoms with van der Waals surface area (Å²) in [5.41, 5.74) is 2.20. The average molecular weight is 427 g/mol. The highest BCUT2D eigenvalue weighted by Crippen LogP contribution is 2.46. The lowest BCUT2D eigenvalue weighted by Crippen LogP contribution is -2.29. The molecule has 3 fully saturated rings. The van der Waals surface area contributed by atoms with Crippen LogP contribution in [0.3, 0.4) is 0 Å². The van der Waals surface area contributed by atoms with Crippen molar-refractivity contribution in [3.05, 3.63) is 35.4 Å². The fourth-order valence-electron chi connectivity index (χ4n) is 7.56. The summed E-state index contributed by atoms with van der Waals surface area (Å²) in [7, 11) is 0. The Morgan fingerprint density at radius 1 is 0.581 bits per heavy atom. The van der Waals surface area contributed by atoms with Gasteiger partial charge in [-0.05, 0) is 111 Å². The molecule has 0 aromatic heterocycles. The van der Waals surface area contributed by atoms with Gasteiger partial charge in [0, 0.05) is 0 Å². The summed E-state index contributed by atoms with van der Waals surface area (Å²) in [6.07, 6.45) is 23.6. The number of benzene rings is 1. The van der Waals surface area contributed by atoms with E-state index in [0.29, 0.717) is 0 Å². The first-order chi connectivity index (χ1) is 15.2. The third-order valence-corrected chi connectivity index (χ3v) is 9.65. The van der Waals surface area contributed by atoms with Crippen LogP contribution in [0.5, 0.6) is 0 Å². The van der Waals surface area contributed by atoms with Crippen LogP contribution in [0, 0.1) is 35.5 Å². The van der Waals surface area contributed by atoms with Crippen LogP contribution in [0.2, 0.25) is 0 Å². The predicted molar refractivity (Wildman–Crippen MR) is 131 cm³/mol. The van der Waals surface area contributed by atoms with E-state index in [0.717, 1.165) is 41.1 Å². The van der Waals surface area contributed by atoms with Crippen LogP contribution in [-0.4, -0.2) is 0 Å². The molecule has 0 aliphatic heterocycles. The van der Waals surface area contributed by atoms with Crippen LogP contribution in [0.1, 0.15) is 114 Å². The monoisotopic (exact) mass is 426 g/mol. The molecular formula is C30H47F. The van der Waals surface area contributed by atoms with E-state index in [1.54, 1.807) is 25.7 Å². The molecule has 0 atom stereocenters. The molecule has 0 bridgehead atoms. The molecule has 1 aromatic carbocycles. The minimum absolute atomic E-state index is 0.341. The van der Waals surface area contributed by atoms with Gasteiger partial charge in [-0.3, -0.25) is 0 Å². The van der Waals surface area contributed by atoms with Gasteiger partial charge in [-0.1, -0.05) is 69.7 Å². The summed E-state index contributed by atoms with van der Waals surface area (Å²) in [6.45, 7) is 2.01. The van der Waals surface area contributed by atoms with Crippen molar-refractivity contribution < 1.29 is 4.39 Å². The molecule has 0 unspecified atom stereocenters. The number of halogens is 1. The largest absolute Gasteiger partial charge is 0.246 e. The first-order valence-corrected chi connectivity index (χ1v) is 13.9. The zero-order valence-corrected chi connectivity index (χ0v) is 20.2. The van der Waals surface area contributed by atoms with E-state index in [1.807, 2.05) is 12.1 Å². The summed E-state index contributed by atoms with van der Waals surface area (Å²) in [6, 6.07) is 8.18. The second-order valence-corrected chi connectivity index (χ2v) is 11.5. The molecule has 3 saturated carbocycles. The number of hydrogen-bond donors (Lipinski definition) is 0. The van der Waals surface area contributed by atoms with Crippen molar-refractivity contribution in [2.75, 3.05) is 0 Å². The molecule has 0 nitrogen and oxygen atoms in total. The lowest BCUT2D eigenvalue weighted by atomic mass is 9.64. The van der Waals surface area contributed by atoms with Gasteiger partial charge in [0.15, 0.2) is 0 Å². The van der Waals surface area contributed by atoms with Gasteiger partial charge in [0.25, 0.3) is 0 Å². The predicted octanol–water partition coefficient (Wildman–Crippen LogP) is 9.31. The van der Waals surface area contributed by atoms with Gasteiger partial charge in [0.1, 0.15) is 6.67 Å². The maximum atomic E-state index is 12.7. The maximum Gasteiger partial charge on any atom is 0.115 e. The van der Waals surface area contributed by atoms with Gasteiger partial charge in [0.05, 0.1) is 0 Å². The van der Waals surface area contributed by atoms with E-state index in [4.69, 9.17) is 0 Å². The molecule has 0 heterocycles. The van der Waals surface area contributed by atoms with Crippen molar-refractivity contribution in [1.29, 1.82) is 0 Å². The van der Waals surface area contributed by atoms with Gasteiger partial charge in [-0.25, -0.2) is 4.39 Å². The Balaban J connectivity index is 1.13. The Bertz CT molecular complexity index is 610. The maximum absolute atomic E-state index is 12.7. The van der Waals surface area contributed by atoms with E-state index in [1.165, 1.54) is 82.6 Å². The van der Waals surface area contributed by atoms with Crippen molar-refractivity contribution in [3.63, 3.8) is 0 Å². The van der Waals surface area contributed by atoms with Crippen molar-refractivity contribution in [1.82, 2.24) is 0 Å². The van der Waals surface area contributed by atoms with Crippen LogP contribution < -0.4 is 0 Å². The van der Waals surface area contributed by atoms with Crippen molar-refractivity contribution in [3.8, 4) is 0 Å². The van der Waals surface area contributed by atoms with Crippen molar-refractivity contribution in [2.24, 2.45) is 35.5 Å². The molecule has 4 rings (SSSR count). The molecule has 0 radical (unpaired) electrons. The molecule has 174 valence electrons. The van der Waals surface area contributed by atoms with Crippen LogP contribution in [0.25, 0.3) is 0 Å². The summed E-state index contributed by atoms with van der Waals surface area (Å²) < 4.78 is 12.7. The van der Waals surface area contributed by atoms with Crippen LogP contribution in [0.15, 0.2) is 24.3 Å². The highest BCUT2D eigenvalue weighted by atomic mass is 19.1. The van der Waals surface area contributed by atoms with Gasteiger partial charge in [-0.2, -0.15) is 0 Å². The van der Waals surface area contributed by atoms with E-state index in [9.17, 15) is 4.39 Å². The first-order valence-electron chi connectivity index (χ1n) is 13.9. The van der Waals surface area contributed by atoms with Crippen molar-refractivity contribution >= 4 is 0 Å². The number of aryl methyl sites for hydroxylation is 1. The number of rotatable bonds is 8. The molecule has 3 aliphatic rings. The summed E-state index contributed by atoms with van der Waals surface area (Å²) in [4.78, 5) is 0. The topological polar surface area (TPSA) is 0 Å². The highest BCUT2D eigenvalue weighted by molar-refractivity contribution is 5.22. The smallest absolute Gasteiger partial charge is 0.115 e. The van der Waals surface area contributed by atoms with Crippen LogP contribution in [0.4, 0.5) is 4.39 Å². The fraction of sp³-hybridized carbons (Fsp3) is 0.800. The van der Waals surface area contributed by atoms with Crippen molar-refractivity contribution in [2.45, 2.75) is 116 Å². The van der Waals surface area contributed by atoms with E-state index in [2.05, 4.69) is 19.1 Å². The molecule has 0 amide bonds. The lowest BCUT2D eigenvalue weighted by Gasteiger charge is -2.41. The van der Waals surface area contributed by atoms with Gasteiger partial charge >= 0.3 is 0 Å². The molecular weight excluding hydrogens is 379 g/mol. The molecule has 0 spiro atoms. The molecule has 0 saturated heterocycles. The molecule has 0 N–H and O–H groups in total. The Hall–Kier alpha value is -0.850. The third-order valence-electron chi connectivity index (χ3n) is 9.65. The standard InChI is InChI=1S/C30H47F/c1-2-3-23-10-14-27(15-11-23)29-18-20-30(21-19-29)28-16-12-25(13-17-28)5-4-24-6-8-26(22-31)9-7-24/h6-9,23,25,27-30H,2-5,10-22H2,1H3/t23-,25-,27-,28-,29-,30-. The summed E-state index contributed by atoms with van der Waals surface area (Å²) in [5.74, 6) is 6.19. The van der Waals surface area contributed by atoms with Gasteiger partial charge < -0.3 is 0 Å². The normalized spacial score (nSPS) is 34.5. The molecule has 3 aliphatic carbocycles. The van der Waals surface area contributed by atoms with Gasteiger partial charge in [0.2, 0.25) is 0 Å². The zero-order chi connectivity index (χ0) is 21.5. The number of alkyl halides is 1. The van der Waals surface area contributed by atoms with Crippen LogP contribution in [-0.2, 0) is 13.1 Å². The van der Waals surface area contributed by atoms with Crippen LogP contribution >= 0.6 is 0 Å². The van der Waals surface area contributed by atoms with E-state index in [-0.39, 0.29) is 6.67 Å². The van der Waals surface area contributed by atoms with Gasteiger partial charge in [-0.15, -0.1) is 0 Å². The second kappa shape index (κ2) is 11.9. The summed E-state index contributed by atoms with van der Waals surface area (Å²) >= 11 is 0. The minimum Gasteiger partial charge on any atom is -0.246 e. The highest BCUT2D eigenvalue weighted by Gasteiger charge is 2.34. The Morgan fingerprint density at radius 2 is 0.968 bits per heavy atom. The van der Waals surface area contributed by atoms with E-state index < -0.39 is 0 Å². The number of hydrogen-bond acceptors (Lipinski definition) is 0. The average Bonchev–Trinajstić information content (AvgIpc) is 2.84.